The maximum absolute atomic E-state index is 12.4. The van der Waals surface area contributed by atoms with E-state index in [0.29, 0.717) is 29.6 Å². The van der Waals surface area contributed by atoms with E-state index < -0.39 is 5.63 Å². The SMILES string of the molecule is CN(Cc1ccccc1)C(=O)Nc1ccc2c(Cl)c(OCCBr)oc(=O)c2c1. The molecular formula is C20H18BrClN2O4. The van der Waals surface area contributed by atoms with Crippen LogP contribution in [0.15, 0.2) is 57.7 Å². The van der Waals surface area contributed by atoms with E-state index in [1.807, 2.05) is 30.3 Å². The van der Waals surface area contributed by atoms with Gasteiger partial charge in [0, 0.05) is 30.0 Å². The summed E-state index contributed by atoms with van der Waals surface area (Å²) >= 11 is 9.51. The van der Waals surface area contributed by atoms with E-state index in [2.05, 4.69) is 21.2 Å². The van der Waals surface area contributed by atoms with Crippen LogP contribution in [0.4, 0.5) is 10.5 Å². The summed E-state index contributed by atoms with van der Waals surface area (Å²) < 4.78 is 10.5. The van der Waals surface area contributed by atoms with Crippen molar-refractivity contribution in [3.8, 4) is 5.95 Å². The summed E-state index contributed by atoms with van der Waals surface area (Å²) in [5.74, 6) is -0.0157. The maximum atomic E-state index is 12.4. The highest BCUT2D eigenvalue weighted by molar-refractivity contribution is 9.09. The number of nitrogens with zero attached hydrogens (tertiary/aromatic N) is 1. The molecule has 0 aliphatic carbocycles. The Kier molecular flexibility index (Phi) is 6.59. The highest BCUT2D eigenvalue weighted by Crippen LogP contribution is 2.32. The van der Waals surface area contributed by atoms with Gasteiger partial charge in [0.05, 0.1) is 5.39 Å². The fourth-order valence-corrected chi connectivity index (χ4v) is 3.07. The molecular weight excluding hydrogens is 448 g/mol. The van der Waals surface area contributed by atoms with E-state index in [9.17, 15) is 9.59 Å². The lowest BCUT2D eigenvalue weighted by Crippen LogP contribution is -2.30. The Morgan fingerprint density at radius 1 is 1.21 bits per heavy atom. The first-order valence-electron chi connectivity index (χ1n) is 8.50. The number of rotatable bonds is 6. The summed E-state index contributed by atoms with van der Waals surface area (Å²) in [5.41, 5.74) is 0.898. The molecule has 146 valence electrons. The summed E-state index contributed by atoms with van der Waals surface area (Å²) in [5, 5.41) is 4.33. The number of halogens is 2. The number of anilines is 1. The zero-order chi connectivity index (χ0) is 20.1. The first-order valence-corrected chi connectivity index (χ1v) is 10.0. The minimum Gasteiger partial charge on any atom is -0.463 e. The molecule has 2 amide bonds. The number of nitrogens with one attached hydrogen (secondary N) is 1. The normalized spacial score (nSPS) is 10.7. The van der Waals surface area contributed by atoms with Crippen LogP contribution < -0.4 is 15.7 Å². The summed E-state index contributed by atoms with van der Waals surface area (Å²) in [6, 6.07) is 14.2. The average molecular weight is 466 g/mol. The van der Waals surface area contributed by atoms with Gasteiger partial charge in [-0.25, -0.2) is 9.59 Å². The molecule has 0 aliphatic heterocycles. The second-order valence-electron chi connectivity index (χ2n) is 6.06. The molecule has 6 nitrogen and oxygen atoms in total. The Hall–Kier alpha value is -2.51. The van der Waals surface area contributed by atoms with E-state index in [1.54, 1.807) is 24.1 Å². The van der Waals surface area contributed by atoms with Crippen molar-refractivity contribution in [2.45, 2.75) is 6.54 Å². The molecule has 0 unspecified atom stereocenters. The fourth-order valence-electron chi connectivity index (χ4n) is 2.65. The van der Waals surface area contributed by atoms with Crippen LogP contribution in [0.2, 0.25) is 5.02 Å². The molecule has 3 rings (SSSR count). The van der Waals surface area contributed by atoms with Crippen LogP contribution in [-0.2, 0) is 6.54 Å². The lowest BCUT2D eigenvalue weighted by atomic mass is 10.1. The molecule has 0 spiro atoms. The number of benzene rings is 2. The number of hydrogen-bond acceptors (Lipinski definition) is 4. The average Bonchev–Trinajstić information content (AvgIpc) is 2.70. The maximum Gasteiger partial charge on any atom is 0.346 e. The molecule has 1 heterocycles. The summed E-state index contributed by atoms with van der Waals surface area (Å²) in [6.07, 6.45) is 0. The van der Waals surface area contributed by atoms with Gasteiger partial charge in [-0.05, 0) is 17.7 Å². The molecule has 0 saturated heterocycles. The van der Waals surface area contributed by atoms with Crippen molar-refractivity contribution in [2.24, 2.45) is 0 Å². The van der Waals surface area contributed by atoms with Crippen molar-refractivity contribution in [3.63, 3.8) is 0 Å². The molecule has 2 aromatic carbocycles. The van der Waals surface area contributed by atoms with Gasteiger partial charge >= 0.3 is 17.6 Å². The van der Waals surface area contributed by atoms with Crippen molar-refractivity contribution < 1.29 is 13.9 Å². The van der Waals surface area contributed by atoms with Crippen molar-refractivity contribution in [1.29, 1.82) is 0 Å². The second kappa shape index (κ2) is 9.12. The fraction of sp³-hybridized carbons (Fsp3) is 0.200. The Bertz CT molecular complexity index is 1040. The van der Waals surface area contributed by atoms with Gasteiger partial charge < -0.3 is 19.4 Å². The predicted molar refractivity (Wildman–Crippen MR) is 114 cm³/mol. The topological polar surface area (TPSA) is 71.8 Å². The Labute approximate surface area is 175 Å². The van der Waals surface area contributed by atoms with E-state index in [0.717, 1.165) is 5.56 Å². The zero-order valence-electron chi connectivity index (χ0n) is 15.1. The molecule has 1 aromatic heterocycles. The Morgan fingerprint density at radius 2 is 1.96 bits per heavy atom. The highest BCUT2D eigenvalue weighted by atomic mass is 79.9. The number of ether oxygens (including phenoxy) is 1. The van der Waals surface area contributed by atoms with Crippen LogP contribution in [0.5, 0.6) is 5.95 Å². The minimum absolute atomic E-state index is 0.0157. The number of carbonyl (C=O) groups excluding carboxylic acids is 1. The van der Waals surface area contributed by atoms with Crippen LogP contribution in [-0.4, -0.2) is 29.9 Å². The van der Waals surface area contributed by atoms with Crippen molar-refractivity contribution >= 4 is 50.0 Å². The number of hydrogen-bond donors (Lipinski definition) is 1. The largest absolute Gasteiger partial charge is 0.463 e. The Balaban J connectivity index is 1.79. The molecule has 0 atom stereocenters. The predicted octanol–water partition coefficient (Wildman–Crippen LogP) is 4.88. The number of carbonyl (C=O) groups is 1. The molecule has 3 aromatic rings. The van der Waals surface area contributed by atoms with Gasteiger partial charge in [0.1, 0.15) is 11.6 Å². The Morgan fingerprint density at radius 3 is 2.68 bits per heavy atom. The smallest absolute Gasteiger partial charge is 0.346 e. The number of fused-ring (bicyclic) bond motifs is 1. The molecule has 0 bridgehead atoms. The molecule has 0 radical (unpaired) electrons. The van der Waals surface area contributed by atoms with E-state index in [1.165, 1.54) is 6.07 Å². The first kappa shape index (κ1) is 20.2. The third-order valence-electron chi connectivity index (χ3n) is 4.01. The number of amides is 2. The quantitative estimate of drug-likeness (QED) is 0.527. The third-order valence-corrected chi connectivity index (χ3v) is 4.69. The van der Waals surface area contributed by atoms with Crippen LogP contribution in [0, 0.1) is 0 Å². The molecule has 0 aliphatic rings. The van der Waals surface area contributed by atoms with E-state index in [4.69, 9.17) is 20.8 Å². The third kappa shape index (κ3) is 4.66. The molecule has 0 fully saturated rings. The van der Waals surface area contributed by atoms with Gasteiger partial charge in [-0.15, -0.1) is 0 Å². The van der Waals surface area contributed by atoms with Gasteiger partial charge in [0.15, 0.2) is 0 Å². The van der Waals surface area contributed by atoms with Crippen molar-refractivity contribution in [2.75, 3.05) is 24.3 Å². The number of alkyl halides is 1. The molecule has 0 saturated carbocycles. The monoisotopic (exact) mass is 464 g/mol. The minimum atomic E-state index is -0.585. The summed E-state index contributed by atoms with van der Waals surface area (Å²) in [4.78, 5) is 26.3. The van der Waals surface area contributed by atoms with Gasteiger partial charge in [-0.1, -0.05) is 63.9 Å². The standard InChI is InChI=1S/C20H18BrClN2O4/c1-24(12-13-5-3-2-4-6-13)20(26)23-14-7-8-15-16(11-14)18(25)28-19(17(15)22)27-10-9-21/h2-8,11H,9-10,12H2,1H3,(H,23,26). The number of urea groups is 1. The zero-order valence-corrected chi connectivity index (χ0v) is 17.4. The van der Waals surface area contributed by atoms with Gasteiger partial charge in [0.2, 0.25) is 0 Å². The summed E-state index contributed by atoms with van der Waals surface area (Å²) in [7, 11) is 1.70. The van der Waals surface area contributed by atoms with Gasteiger partial charge in [-0.3, -0.25) is 0 Å². The van der Waals surface area contributed by atoms with Crippen molar-refractivity contribution in [1.82, 2.24) is 4.90 Å². The second-order valence-corrected chi connectivity index (χ2v) is 7.23. The molecule has 1 N–H and O–H groups in total. The lowest BCUT2D eigenvalue weighted by Gasteiger charge is -2.18. The van der Waals surface area contributed by atoms with Crippen molar-refractivity contribution in [3.05, 3.63) is 69.5 Å². The van der Waals surface area contributed by atoms with Gasteiger partial charge in [-0.2, -0.15) is 0 Å². The van der Waals surface area contributed by atoms with E-state index in [-0.39, 0.29) is 22.4 Å². The summed E-state index contributed by atoms with van der Waals surface area (Å²) in [6.45, 7) is 0.776. The van der Waals surface area contributed by atoms with Gasteiger partial charge in [0.25, 0.3) is 0 Å². The molecule has 8 heteroatoms. The van der Waals surface area contributed by atoms with Crippen LogP contribution in [0.25, 0.3) is 10.8 Å². The van der Waals surface area contributed by atoms with Crippen LogP contribution in [0.3, 0.4) is 0 Å². The highest BCUT2D eigenvalue weighted by Gasteiger charge is 2.15. The van der Waals surface area contributed by atoms with Crippen LogP contribution >= 0.6 is 27.5 Å². The first-order chi connectivity index (χ1) is 13.5. The van der Waals surface area contributed by atoms with E-state index >= 15 is 0 Å². The van der Waals surface area contributed by atoms with Crippen LogP contribution in [0.1, 0.15) is 5.56 Å². The molecule has 28 heavy (non-hydrogen) atoms. The lowest BCUT2D eigenvalue weighted by molar-refractivity contribution is 0.220.